The lowest BCUT2D eigenvalue weighted by Crippen LogP contribution is -1.96. The molecule has 0 bridgehead atoms. The second kappa shape index (κ2) is 4.20. The van der Waals surface area contributed by atoms with Gasteiger partial charge in [0.05, 0.1) is 4.90 Å². The summed E-state index contributed by atoms with van der Waals surface area (Å²) in [6, 6.07) is 11.7. The minimum atomic E-state index is -3.22. The lowest BCUT2D eigenvalue weighted by Gasteiger charge is -2.02. The van der Waals surface area contributed by atoms with Crippen molar-refractivity contribution in [3.05, 3.63) is 48.8 Å². The van der Waals surface area contributed by atoms with E-state index in [4.69, 9.17) is 0 Å². The van der Waals surface area contributed by atoms with E-state index in [0.29, 0.717) is 4.90 Å². The SMILES string of the molecule is CS(=O)(=O)c1cc[c]c(-c2c[nH]c3ncccc23)c1. The standard InChI is InChI=1S/C14H11N2O2S/c1-19(17,18)11-5-2-4-10(8-11)13-9-16-14-12(13)6-3-7-15-14/h2-3,5-9H,1H3,(H,15,16). The van der Waals surface area contributed by atoms with E-state index >= 15 is 0 Å². The summed E-state index contributed by atoms with van der Waals surface area (Å²) in [6.07, 6.45) is 4.72. The molecule has 19 heavy (non-hydrogen) atoms. The summed E-state index contributed by atoms with van der Waals surface area (Å²) in [5, 5.41) is 0.949. The van der Waals surface area contributed by atoms with Crippen molar-refractivity contribution in [2.24, 2.45) is 0 Å². The van der Waals surface area contributed by atoms with Gasteiger partial charge < -0.3 is 4.98 Å². The second-order valence-corrected chi connectivity index (χ2v) is 6.33. The molecule has 0 amide bonds. The summed E-state index contributed by atoms with van der Waals surface area (Å²) in [6.45, 7) is 0. The van der Waals surface area contributed by atoms with Crippen LogP contribution in [0.25, 0.3) is 22.2 Å². The van der Waals surface area contributed by atoms with Crippen LogP contribution in [0.2, 0.25) is 0 Å². The first-order valence-corrected chi connectivity index (χ1v) is 7.59. The number of rotatable bonds is 2. The van der Waals surface area contributed by atoms with Gasteiger partial charge in [0.15, 0.2) is 9.84 Å². The van der Waals surface area contributed by atoms with Gasteiger partial charge in [-0.15, -0.1) is 0 Å². The highest BCUT2D eigenvalue weighted by atomic mass is 32.2. The topological polar surface area (TPSA) is 62.8 Å². The number of hydrogen-bond donors (Lipinski definition) is 1. The van der Waals surface area contributed by atoms with Gasteiger partial charge in [-0.05, 0) is 35.9 Å². The van der Waals surface area contributed by atoms with Crippen molar-refractivity contribution < 1.29 is 8.42 Å². The zero-order valence-corrected chi connectivity index (χ0v) is 11.0. The van der Waals surface area contributed by atoms with Gasteiger partial charge >= 0.3 is 0 Å². The highest BCUT2D eigenvalue weighted by Crippen LogP contribution is 2.28. The van der Waals surface area contributed by atoms with Crippen molar-refractivity contribution in [2.75, 3.05) is 6.26 Å². The maximum Gasteiger partial charge on any atom is 0.175 e. The molecule has 95 valence electrons. The Hall–Kier alpha value is -2.14. The molecule has 0 aliphatic heterocycles. The maximum atomic E-state index is 11.6. The third kappa shape index (κ3) is 2.13. The second-order valence-electron chi connectivity index (χ2n) is 4.31. The predicted molar refractivity (Wildman–Crippen MR) is 73.5 cm³/mol. The van der Waals surface area contributed by atoms with E-state index in [-0.39, 0.29) is 0 Å². The van der Waals surface area contributed by atoms with Crippen molar-refractivity contribution >= 4 is 20.9 Å². The van der Waals surface area contributed by atoms with Crippen LogP contribution < -0.4 is 0 Å². The summed E-state index contributed by atoms with van der Waals surface area (Å²) in [5.74, 6) is 0. The van der Waals surface area contributed by atoms with E-state index in [1.54, 1.807) is 24.4 Å². The first kappa shape index (κ1) is 11.9. The van der Waals surface area contributed by atoms with Crippen molar-refractivity contribution in [3.8, 4) is 11.1 Å². The zero-order chi connectivity index (χ0) is 13.5. The normalized spacial score (nSPS) is 11.8. The number of aromatic amines is 1. The Labute approximate surface area is 111 Å². The number of sulfone groups is 1. The molecule has 0 atom stereocenters. The molecule has 0 fully saturated rings. The molecule has 0 saturated heterocycles. The summed E-state index contributed by atoms with van der Waals surface area (Å²) < 4.78 is 23.2. The number of nitrogens with one attached hydrogen (secondary N) is 1. The zero-order valence-electron chi connectivity index (χ0n) is 10.2. The van der Waals surface area contributed by atoms with E-state index < -0.39 is 9.84 Å². The quantitative estimate of drug-likeness (QED) is 0.778. The van der Waals surface area contributed by atoms with Gasteiger partial charge in [-0.3, -0.25) is 0 Å². The molecule has 4 nitrogen and oxygen atoms in total. The van der Waals surface area contributed by atoms with Crippen LogP contribution in [0.3, 0.4) is 0 Å². The lowest BCUT2D eigenvalue weighted by atomic mass is 10.1. The molecule has 5 heteroatoms. The molecule has 2 aromatic heterocycles. The Kier molecular flexibility index (Phi) is 2.64. The highest BCUT2D eigenvalue weighted by molar-refractivity contribution is 7.90. The predicted octanol–water partition coefficient (Wildman–Crippen LogP) is 2.43. The summed E-state index contributed by atoms with van der Waals surface area (Å²) in [5.41, 5.74) is 2.41. The van der Waals surface area contributed by atoms with E-state index in [2.05, 4.69) is 16.0 Å². The van der Waals surface area contributed by atoms with E-state index in [1.807, 2.05) is 18.3 Å². The molecule has 0 aliphatic carbocycles. The number of hydrogen-bond acceptors (Lipinski definition) is 3. The van der Waals surface area contributed by atoms with Crippen LogP contribution in [0.15, 0.2) is 47.6 Å². The van der Waals surface area contributed by atoms with Gasteiger partial charge in [0.25, 0.3) is 0 Å². The molecule has 3 aromatic rings. The van der Waals surface area contributed by atoms with Crippen LogP contribution in [0.5, 0.6) is 0 Å². The minimum absolute atomic E-state index is 0.291. The Morgan fingerprint density at radius 3 is 2.95 bits per heavy atom. The van der Waals surface area contributed by atoms with Crippen molar-refractivity contribution in [2.45, 2.75) is 4.90 Å². The molecule has 0 saturated carbocycles. The first-order valence-electron chi connectivity index (χ1n) is 5.70. The molecule has 1 radical (unpaired) electrons. The molecule has 2 heterocycles. The van der Waals surface area contributed by atoms with Crippen LogP contribution in [0, 0.1) is 6.07 Å². The van der Waals surface area contributed by atoms with E-state index in [0.717, 1.165) is 22.2 Å². The number of benzene rings is 1. The minimum Gasteiger partial charge on any atom is -0.346 e. The molecule has 3 rings (SSSR count). The highest BCUT2D eigenvalue weighted by Gasteiger charge is 2.11. The number of fused-ring (bicyclic) bond motifs is 1. The Balaban J connectivity index is 2.22. The van der Waals surface area contributed by atoms with Crippen LogP contribution in [-0.4, -0.2) is 24.6 Å². The molecular weight excluding hydrogens is 260 g/mol. The average Bonchev–Trinajstić information content (AvgIpc) is 2.82. The number of pyridine rings is 1. The monoisotopic (exact) mass is 271 g/mol. The maximum absolute atomic E-state index is 11.6. The van der Waals surface area contributed by atoms with Crippen molar-refractivity contribution in [1.29, 1.82) is 0 Å². The number of H-pyrrole nitrogens is 1. The summed E-state index contributed by atoms with van der Waals surface area (Å²) >= 11 is 0. The molecule has 0 unspecified atom stereocenters. The van der Waals surface area contributed by atoms with Gasteiger partial charge in [-0.2, -0.15) is 0 Å². The lowest BCUT2D eigenvalue weighted by molar-refractivity contribution is 0.602. The Morgan fingerprint density at radius 1 is 1.32 bits per heavy atom. The van der Waals surface area contributed by atoms with Gasteiger partial charge in [0.1, 0.15) is 5.65 Å². The number of nitrogens with zero attached hydrogens (tertiary/aromatic N) is 1. The molecule has 1 aromatic carbocycles. The van der Waals surface area contributed by atoms with Gasteiger partial charge in [0, 0.05) is 29.6 Å². The van der Waals surface area contributed by atoms with Gasteiger partial charge in [-0.1, -0.05) is 6.07 Å². The molecule has 0 spiro atoms. The van der Waals surface area contributed by atoms with Gasteiger partial charge in [-0.25, -0.2) is 13.4 Å². The van der Waals surface area contributed by atoms with Gasteiger partial charge in [0.2, 0.25) is 0 Å². The third-order valence-electron chi connectivity index (χ3n) is 2.94. The Bertz CT molecular complexity index is 851. The number of aromatic nitrogens is 2. The molecular formula is C14H11N2O2S. The van der Waals surface area contributed by atoms with Crippen LogP contribution in [0.1, 0.15) is 0 Å². The van der Waals surface area contributed by atoms with Crippen LogP contribution >= 0.6 is 0 Å². The van der Waals surface area contributed by atoms with Crippen LogP contribution in [-0.2, 0) is 9.84 Å². The van der Waals surface area contributed by atoms with Crippen molar-refractivity contribution in [1.82, 2.24) is 9.97 Å². The third-order valence-corrected chi connectivity index (χ3v) is 4.05. The molecule has 0 aliphatic rings. The summed E-state index contributed by atoms with van der Waals surface area (Å²) in [4.78, 5) is 7.57. The van der Waals surface area contributed by atoms with Crippen LogP contribution in [0.4, 0.5) is 0 Å². The fraction of sp³-hybridized carbons (Fsp3) is 0.0714. The average molecular weight is 271 g/mol. The van der Waals surface area contributed by atoms with Crippen molar-refractivity contribution in [3.63, 3.8) is 0 Å². The van der Waals surface area contributed by atoms with E-state index in [1.165, 1.54) is 6.26 Å². The summed E-state index contributed by atoms with van der Waals surface area (Å²) in [7, 11) is -3.22. The van der Waals surface area contributed by atoms with E-state index in [9.17, 15) is 8.42 Å². The largest absolute Gasteiger partial charge is 0.346 e. The fourth-order valence-electron chi connectivity index (χ4n) is 2.01. The smallest absolute Gasteiger partial charge is 0.175 e. The first-order chi connectivity index (χ1) is 9.05. The molecule has 1 N–H and O–H groups in total. The Morgan fingerprint density at radius 2 is 2.16 bits per heavy atom. The fourth-order valence-corrected chi connectivity index (χ4v) is 2.66.